The molecule has 1 aliphatic heterocycles. The second-order valence-electron chi connectivity index (χ2n) is 6.11. The number of anilines is 1. The summed E-state index contributed by atoms with van der Waals surface area (Å²) in [7, 11) is -3.58. The molecule has 0 saturated heterocycles. The number of carbonyl (C=O) groups excluding carboxylic acids is 1. The number of amides is 1. The molecule has 1 heterocycles. The van der Waals surface area contributed by atoms with Crippen LogP contribution in [-0.4, -0.2) is 20.9 Å². The molecule has 126 valence electrons. The number of carbonyl (C=O) groups is 1. The van der Waals surface area contributed by atoms with Gasteiger partial charge < -0.3 is 5.32 Å². The minimum absolute atomic E-state index is 0.109. The Bertz CT molecular complexity index is 904. The minimum Gasteiger partial charge on any atom is -0.326 e. The van der Waals surface area contributed by atoms with Gasteiger partial charge in [-0.1, -0.05) is 18.2 Å². The fourth-order valence-electron chi connectivity index (χ4n) is 2.74. The van der Waals surface area contributed by atoms with Crippen molar-refractivity contribution in [3.05, 3.63) is 58.7 Å². The first-order valence-corrected chi connectivity index (χ1v) is 9.32. The normalized spacial score (nSPS) is 13.7. The monoisotopic (exact) mass is 344 g/mol. The molecule has 6 heteroatoms. The molecule has 0 atom stereocenters. The molecule has 5 nitrogen and oxygen atoms in total. The molecule has 0 aromatic heterocycles. The Morgan fingerprint density at radius 1 is 1.08 bits per heavy atom. The average Bonchev–Trinajstić information content (AvgIpc) is 2.89. The van der Waals surface area contributed by atoms with Crippen LogP contribution in [0.15, 0.2) is 41.3 Å². The lowest BCUT2D eigenvalue weighted by atomic mass is 10.0. The molecule has 1 aliphatic rings. The van der Waals surface area contributed by atoms with Crippen molar-refractivity contribution in [2.45, 2.75) is 31.6 Å². The molecule has 2 aromatic rings. The minimum atomic E-state index is -3.58. The van der Waals surface area contributed by atoms with Gasteiger partial charge in [-0.25, -0.2) is 13.1 Å². The topological polar surface area (TPSA) is 75.3 Å². The molecule has 1 amide bonds. The van der Waals surface area contributed by atoms with Crippen molar-refractivity contribution in [2.75, 3.05) is 11.9 Å². The van der Waals surface area contributed by atoms with Gasteiger partial charge in [0.2, 0.25) is 15.9 Å². The van der Waals surface area contributed by atoms with Gasteiger partial charge in [0.15, 0.2) is 0 Å². The number of rotatable bonds is 5. The summed E-state index contributed by atoms with van der Waals surface area (Å²) >= 11 is 0. The molecule has 24 heavy (non-hydrogen) atoms. The maximum absolute atomic E-state index is 12.4. The van der Waals surface area contributed by atoms with E-state index in [-0.39, 0.29) is 17.2 Å². The van der Waals surface area contributed by atoms with Gasteiger partial charge in [0.1, 0.15) is 0 Å². The summed E-state index contributed by atoms with van der Waals surface area (Å²) in [6, 6.07) is 10.9. The average molecular weight is 344 g/mol. The van der Waals surface area contributed by atoms with Gasteiger partial charge in [-0.15, -0.1) is 0 Å². The summed E-state index contributed by atoms with van der Waals surface area (Å²) in [4.78, 5) is 11.6. The van der Waals surface area contributed by atoms with Crippen molar-refractivity contribution in [1.82, 2.24) is 4.72 Å². The van der Waals surface area contributed by atoms with Crippen molar-refractivity contribution in [3.8, 4) is 0 Å². The van der Waals surface area contributed by atoms with Gasteiger partial charge in [-0.05, 0) is 60.7 Å². The summed E-state index contributed by atoms with van der Waals surface area (Å²) in [5.41, 5.74) is 4.93. The Balaban J connectivity index is 1.67. The highest BCUT2D eigenvalue weighted by Crippen LogP contribution is 2.25. The van der Waals surface area contributed by atoms with E-state index in [1.807, 2.05) is 19.1 Å². The van der Waals surface area contributed by atoms with Crippen molar-refractivity contribution in [3.63, 3.8) is 0 Å². The zero-order valence-corrected chi connectivity index (χ0v) is 14.5. The van der Waals surface area contributed by atoms with Gasteiger partial charge in [-0.3, -0.25) is 4.79 Å². The zero-order valence-electron chi connectivity index (χ0n) is 13.7. The van der Waals surface area contributed by atoms with Crippen LogP contribution in [0, 0.1) is 13.8 Å². The number of aryl methyl sites for hydroxylation is 2. The van der Waals surface area contributed by atoms with Gasteiger partial charge in [0.05, 0.1) is 11.3 Å². The Morgan fingerprint density at radius 2 is 1.88 bits per heavy atom. The van der Waals surface area contributed by atoms with Crippen molar-refractivity contribution < 1.29 is 13.2 Å². The Kier molecular flexibility index (Phi) is 4.43. The first-order chi connectivity index (χ1) is 11.3. The van der Waals surface area contributed by atoms with Crippen LogP contribution >= 0.6 is 0 Å². The zero-order chi connectivity index (χ0) is 17.3. The van der Waals surface area contributed by atoms with E-state index in [1.165, 1.54) is 17.2 Å². The second kappa shape index (κ2) is 6.37. The molecule has 2 N–H and O–H groups in total. The lowest BCUT2D eigenvalue weighted by Crippen LogP contribution is -2.26. The summed E-state index contributed by atoms with van der Waals surface area (Å²) in [5.74, 6) is -0.109. The number of nitrogens with one attached hydrogen (secondary N) is 2. The largest absolute Gasteiger partial charge is 0.326 e. The van der Waals surface area contributed by atoms with Crippen molar-refractivity contribution in [2.24, 2.45) is 0 Å². The van der Waals surface area contributed by atoms with Gasteiger partial charge in [0.25, 0.3) is 0 Å². The summed E-state index contributed by atoms with van der Waals surface area (Å²) in [6.45, 7) is 4.43. The molecular weight excluding hydrogens is 324 g/mol. The molecule has 0 unspecified atom stereocenters. The molecule has 0 bridgehead atoms. The highest BCUT2D eigenvalue weighted by Gasteiger charge is 2.21. The lowest BCUT2D eigenvalue weighted by molar-refractivity contribution is -0.115. The Labute approximate surface area is 142 Å². The van der Waals surface area contributed by atoms with E-state index in [1.54, 1.807) is 12.1 Å². The predicted octanol–water partition coefficient (Wildman–Crippen LogP) is 2.32. The van der Waals surface area contributed by atoms with E-state index in [4.69, 9.17) is 0 Å². The third-order valence-electron chi connectivity index (χ3n) is 4.29. The van der Waals surface area contributed by atoms with E-state index in [0.717, 1.165) is 11.1 Å². The number of hydrogen-bond donors (Lipinski definition) is 2. The molecule has 0 aliphatic carbocycles. The standard InChI is InChI=1S/C18H20N2O3S/c1-12-3-4-14(9-13(12)2)7-8-19-24(22,23)16-5-6-17-15(10-16)11-18(21)20-17/h3-6,9-10,19H,7-8,11H2,1-2H3,(H,20,21). The second-order valence-corrected chi connectivity index (χ2v) is 7.88. The fraction of sp³-hybridized carbons (Fsp3) is 0.278. The molecule has 0 spiro atoms. The molecule has 2 aromatic carbocycles. The molecule has 3 rings (SSSR count). The number of benzene rings is 2. The molecular formula is C18H20N2O3S. The first kappa shape index (κ1) is 16.7. The van der Waals surface area contributed by atoms with E-state index in [0.29, 0.717) is 18.7 Å². The first-order valence-electron chi connectivity index (χ1n) is 7.84. The quantitative estimate of drug-likeness (QED) is 0.874. The van der Waals surface area contributed by atoms with Crippen LogP contribution in [0.4, 0.5) is 5.69 Å². The number of fused-ring (bicyclic) bond motifs is 1. The van der Waals surface area contributed by atoms with Crippen LogP contribution in [0.25, 0.3) is 0 Å². The SMILES string of the molecule is Cc1ccc(CCNS(=O)(=O)c2ccc3c(c2)CC(=O)N3)cc1C. The predicted molar refractivity (Wildman–Crippen MR) is 93.6 cm³/mol. The summed E-state index contributed by atoms with van der Waals surface area (Å²) in [6.07, 6.45) is 0.854. The van der Waals surface area contributed by atoms with E-state index >= 15 is 0 Å². The highest BCUT2D eigenvalue weighted by atomic mass is 32.2. The van der Waals surface area contributed by atoms with Crippen LogP contribution in [-0.2, 0) is 27.7 Å². The third-order valence-corrected chi connectivity index (χ3v) is 5.75. The Hall–Kier alpha value is -2.18. The maximum atomic E-state index is 12.4. The Morgan fingerprint density at radius 3 is 2.62 bits per heavy atom. The van der Waals surface area contributed by atoms with E-state index < -0.39 is 10.0 Å². The van der Waals surface area contributed by atoms with Crippen LogP contribution in [0.3, 0.4) is 0 Å². The lowest BCUT2D eigenvalue weighted by Gasteiger charge is -2.09. The fourth-order valence-corrected chi connectivity index (χ4v) is 3.83. The number of sulfonamides is 1. The molecule has 0 radical (unpaired) electrons. The molecule has 0 fully saturated rings. The van der Waals surface area contributed by atoms with Gasteiger partial charge >= 0.3 is 0 Å². The van der Waals surface area contributed by atoms with Crippen LogP contribution in [0.5, 0.6) is 0 Å². The maximum Gasteiger partial charge on any atom is 0.240 e. The van der Waals surface area contributed by atoms with Crippen LogP contribution in [0.1, 0.15) is 22.3 Å². The number of hydrogen-bond acceptors (Lipinski definition) is 3. The van der Waals surface area contributed by atoms with Gasteiger partial charge in [0, 0.05) is 12.2 Å². The van der Waals surface area contributed by atoms with E-state index in [9.17, 15) is 13.2 Å². The van der Waals surface area contributed by atoms with Gasteiger partial charge in [-0.2, -0.15) is 0 Å². The summed E-state index contributed by atoms with van der Waals surface area (Å²) < 4.78 is 27.4. The highest BCUT2D eigenvalue weighted by molar-refractivity contribution is 7.89. The van der Waals surface area contributed by atoms with Crippen LogP contribution in [0.2, 0.25) is 0 Å². The van der Waals surface area contributed by atoms with Crippen LogP contribution < -0.4 is 10.0 Å². The third kappa shape index (κ3) is 3.49. The summed E-state index contributed by atoms with van der Waals surface area (Å²) in [5, 5.41) is 2.70. The van der Waals surface area contributed by atoms with E-state index in [2.05, 4.69) is 23.0 Å². The molecule has 0 saturated carbocycles. The van der Waals surface area contributed by atoms with Crippen molar-refractivity contribution in [1.29, 1.82) is 0 Å². The van der Waals surface area contributed by atoms with Crippen molar-refractivity contribution >= 4 is 21.6 Å². The smallest absolute Gasteiger partial charge is 0.240 e.